The second-order valence-corrected chi connectivity index (χ2v) is 9.51. The summed E-state index contributed by atoms with van der Waals surface area (Å²) >= 11 is 0. The number of sulfonamides is 1. The molecule has 0 aliphatic carbocycles. The van der Waals surface area contributed by atoms with Gasteiger partial charge in [0.2, 0.25) is 0 Å². The molecule has 0 unspecified atom stereocenters. The predicted molar refractivity (Wildman–Crippen MR) is 96.3 cm³/mol. The van der Waals surface area contributed by atoms with Crippen LogP contribution in [0.3, 0.4) is 0 Å². The van der Waals surface area contributed by atoms with Crippen LogP contribution in [0.2, 0.25) is 0 Å². The number of nitrogens with zero attached hydrogens (tertiary/aromatic N) is 3. The van der Waals surface area contributed by atoms with Crippen LogP contribution >= 0.6 is 0 Å². The molecule has 4 rings (SSSR count). The van der Waals surface area contributed by atoms with E-state index in [0.29, 0.717) is 13.1 Å². The average molecular weight is 381 g/mol. The molecule has 0 N–H and O–H groups in total. The second-order valence-electron chi connectivity index (χ2n) is 7.62. The van der Waals surface area contributed by atoms with Crippen molar-refractivity contribution in [1.29, 1.82) is 0 Å². The molecule has 7 nitrogen and oxygen atoms in total. The summed E-state index contributed by atoms with van der Waals surface area (Å²) in [5.41, 5.74) is 0.132. The largest absolute Gasteiger partial charge is 0.379 e. The van der Waals surface area contributed by atoms with Crippen molar-refractivity contribution >= 4 is 10.0 Å². The Kier molecular flexibility index (Phi) is 5.29. The average Bonchev–Trinajstić information content (AvgIpc) is 3.05. The molecule has 0 bridgehead atoms. The molecule has 3 fully saturated rings. The summed E-state index contributed by atoms with van der Waals surface area (Å²) in [6.07, 6.45) is 4.53. The van der Waals surface area contributed by atoms with Crippen LogP contribution in [0.15, 0.2) is 29.4 Å². The van der Waals surface area contributed by atoms with E-state index < -0.39 is 10.0 Å². The number of aromatic nitrogens is 1. The number of ether oxygens (including phenoxy) is 2. The lowest BCUT2D eigenvalue weighted by Crippen LogP contribution is -2.44. The molecule has 1 atom stereocenters. The monoisotopic (exact) mass is 381 g/mol. The number of rotatable bonds is 4. The Balaban J connectivity index is 1.33. The van der Waals surface area contributed by atoms with Crippen molar-refractivity contribution in [2.45, 2.75) is 30.4 Å². The first-order valence-electron chi connectivity index (χ1n) is 9.40. The molecule has 1 aromatic heterocycles. The number of hydrogen-bond donors (Lipinski definition) is 0. The van der Waals surface area contributed by atoms with E-state index in [4.69, 9.17) is 9.47 Å². The summed E-state index contributed by atoms with van der Waals surface area (Å²) in [5.74, 6) is 0. The van der Waals surface area contributed by atoms with E-state index in [1.165, 1.54) is 6.20 Å². The van der Waals surface area contributed by atoms with Crippen LogP contribution in [-0.2, 0) is 19.5 Å². The molecule has 1 spiro atoms. The van der Waals surface area contributed by atoms with E-state index in [1.54, 1.807) is 22.5 Å². The maximum Gasteiger partial charge on any atom is 0.260 e. The van der Waals surface area contributed by atoms with Gasteiger partial charge in [0.15, 0.2) is 5.03 Å². The van der Waals surface area contributed by atoms with Crippen molar-refractivity contribution in [3.63, 3.8) is 0 Å². The summed E-state index contributed by atoms with van der Waals surface area (Å²) < 4.78 is 38.5. The predicted octanol–water partition coefficient (Wildman–Crippen LogP) is 0.974. The highest BCUT2D eigenvalue weighted by Crippen LogP contribution is 2.43. The van der Waals surface area contributed by atoms with Gasteiger partial charge in [0.05, 0.1) is 25.9 Å². The van der Waals surface area contributed by atoms with Gasteiger partial charge < -0.3 is 9.47 Å². The number of hydrogen-bond acceptors (Lipinski definition) is 6. The molecule has 4 heterocycles. The Bertz CT molecular complexity index is 698. The summed E-state index contributed by atoms with van der Waals surface area (Å²) in [6.45, 7) is 6.36. The van der Waals surface area contributed by atoms with Gasteiger partial charge in [-0.3, -0.25) is 4.90 Å². The van der Waals surface area contributed by atoms with Crippen molar-refractivity contribution in [2.75, 3.05) is 52.5 Å². The van der Waals surface area contributed by atoms with Crippen LogP contribution in [0.1, 0.15) is 19.3 Å². The SMILES string of the molecule is O=S(=O)(c1ccccn1)N1CCC2(CC1)CO[C@H](CN1CCOCC1)C2. The summed E-state index contributed by atoms with van der Waals surface area (Å²) in [7, 11) is -3.49. The van der Waals surface area contributed by atoms with Crippen LogP contribution in [0, 0.1) is 5.41 Å². The zero-order valence-corrected chi connectivity index (χ0v) is 15.9. The van der Waals surface area contributed by atoms with E-state index in [-0.39, 0.29) is 16.5 Å². The highest BCUT2D eigenvalue weighted by Gasteiger charge is 2.44. The third-order valence-corrected chi connectivity index (χ3v) is 7.69. The Morgan fingerprint density at radius 1 is 1.15 bits per heavy atom. The molecule has 144 valence electrons. The van der Waals surface area contributed by atoms with Crippen LogP contribution in [0.25, 0.3) is 0 Å². The molecule has 0 radical (unpaired) electrons. The zero-order valence-electron chi connectivity index (χ0n) is 15.0. The lowest BCUT2D eigenvalue weighted by Gasteiger charge is -2.37. The van der Waals surface area contributed by atoms with Gasteiger partial charge in [-0.05, 0) is 36.8 Å². The van der Waals surface area contributed by atoms with Gasteiger partial charge in [-0.2, -0.15) is 4.31 Å². The third kappa shape index (κ3) is 3.80. The van der Waals surface area contributed by atoms with E-state index >= 15 is 0 Å². The van der Waals surface area contributed by atoms with Gasteiger partial charge in [0, 0.05) is 38.9 Å². The molecule has 8 heteroatoms. The van der Waals surface area contributed by atoms with Crippen molar-refractivity contribution < 1.29 is 17.9 Å². The minimum atomic E-state index is -3.49. The van der Waals surface area contributed by atoms with Crippen molar-refractivity contribution in [3.05, 3.63) is 24.4 Å². The fourth-order valence-electron chi connectivity index (χ4n) is 4.27. The Labute approximate surface area is 155 Å². The molecule has 0 saturated carbocycles. The zero-order chi connectivity index (χ0) is 18.0. The fourth-order valence-corrected chi connectivity index (χ4v) is 5.64. The van der Waals surface area contributed by atoms with E-state index in [2.05, 4.69) is 9.88 Å². The highest BCUT2D eigenvalue weighted by molar-refractivity contribution is 7.89. The van der Waals surface area contributed by atoms with Gasteiger partial charge in [-0.1, -0.05) is 6.07 Å². The highest BCUT2D eigenvalue weighted by atomic mass is 32.2. The molecule has 1 aromatic rings. The third-order valence-electron chi connectivity index (χ3n) is 5.88. The maximum atomic E-state index is 12.7. The topological polar surface area (TPSA) is 72.0 Å². The number of piperidine rings is 1. The first-order chi connectivity index (χ1) is 12.6. The van der Waals surface area contributed by atoms with Crippen LogP contribution in [-0.4, -0.2) is 81.3 Å². The molecule has 0 aromatic carbocycles. The molecule has 3 saturated heterocycles. The molecular formula is C18H27N3O4S. The van der Waals surface area contributed by atoms with Crippen molar-refractivity contribution in [2.24, 2.45) is 5.41 Å². The van der Waals surface area contributed by atoms with E-state index in [1.807, 2.05) is 0 Å². The van der Waals surface area contributed by atoms with Crippen molar-refractivity contribution in [1.82, 2.24) is 14.2 Å². The van der Waals surface area contributed by atoms with Crippen LogP contribution in [0.4, 0.5) is 0 Å². The van der Waals surface area contributed by atoms with Gasteiger partial charge >= 0.3 is 0 Å². The summed E-state index contributed by atoms with van der Waals surface area (Å²) in [6, 6.07) is 5.01. The number of pyridine rings is 1. The maximum absolute atomic E-state index is 12.7. The van der Waals surface area contributed by atoms with E-state index in [9.17, 15) is 8.42 Å². The Morgan fingerprint density at radius 2 is 1.92 bits per heavy atom. The van der Waals surface area contributed by atoms with Crippen LogP contribution in [0.5, 0.6) is 0 Å². The Morgan fingerprint density at radius 3 is 2.62 bits per heavy atom. The smallest absolute Gasteiger partial charge is 0.260 e. The molecule has 3 aliphatic heterocycles. The fraction of sp³-hybridized carbons (Fsp3) is 0.722. The van der Waals surface area contributed by atoms with Gasteiger partial charge in [0.1, 0.15) is 0 Å². The molecular weight excluding hydrogens is 354 g/mol. The molecule has 26 heavy (non-hydrogen) atoms. The number of morpholine rings is 1. The van der Waals surface area contributed by atoms with Crippen LogP contribution < -0.4 is 0 Å². The second kappa shape index (κ2) is 7.52. The normalized spacial score (nSPS) is 27.8. The lowest BCUT2D eigenvalue weighted by molar-refractivity contribution is 0.00567. The molecule has 0 amide bonds. The van der Waals surface area contributed by atoms with Gasteiger partial charge in [-0.15, -0.1) is 0 Å². The lowest BCUT2D eigenvalue weighted by atomic mass is 9.77. The quantitative estimate of drug-likeness (QED) is 0.774. The van der Waals surface area contributed by atoms with Crippen molar-refractivity contribution in [3.8, 4) is 0 Å². The summed E-state index contributed by atoms with van der Waals surface area (Å²) in [4.78, 5) is 6.43. The van der Waals surface area contributed by atoms with Gasteiger partial charge in [0.25, 0.3) is 10.0 Å². The first-order valence-corrected chi connectivity index (χ1v) is 10.8. The Hall–Kier alpha value is -1.06. The first kappa shape index (κ1) is 18.3. The standard InChI is InChI=1S/C18H27N3O4S/c22-26(23,17-3-1-2-6-19-17)21-7-4-18(5-8-21)13-16(25-15-18)14-20-9-11-24-12-10-20/h1-3,6,16H,4-5,7-15H2/t16-/m0/s1. The summed E-state index contributed by atoms with van der Waals surface area (Å²) in [5, 5.41) is 0.142. The molecule has 3 aliphatic rings. The minimum Gasteiger partial charge on any atom is -0.379 e. The minimum absolute atomic E-state index is 0.132. The van der Waals surface area contributed by atoms with E-state index in [0.717, 1.165) is 58.7 Å². The van der Waals surface area contributed by atoms with Gasteiger partial charge in [-0.25, -0.2) is 13.4 Å².